The van der Waals surface area contributed by atoms with Crippen molar-refractivity contribution in [2.75, 3.05) is 13.6 Å². The molecule has 0 fully saturated rings. The number of carbonyl (C=O) groups excluding carboxylic acids is 1. The van der Waals surface area contributed by atoms with Gasteiger partial charge in [0.15, 0.2) is 5.78 Å². The monoisotopic (exact) mass is 368 g/mol. The van der Waals surface area contributed by atoms with Crippen LogP contribution in [0.5, 0.6) is 0 Å². The van der Waals surface area contributed by atoms with Crippen LogP contribution < -0.4 is 0 Å². The molecule has 2 rings (SSSR count). The second-order valence-electron chi connectivity index (χ2n) is 6.13. The number of hydrogen-bond acceptors (Lipinski definition) is 3. The van der Waals surface area contributed by atoms with E-state index < -0.39 is 0 Å². The van der Waals surface area contributed by atoms with Gasteiger partial charge < -0.3 is 0 Å². The summed E-state index contributed by atoms with van der Waals surface area (Å²) in [5, 5.41) is 0.660. The SMILES string of the molecule is C=Cc1nc(-c2ccc(Cl)cc2)cc(C(=O)C(CC)N(C)CC)c1C=C. The van der Waals surface area contributed by atoms with Gasteiger partial charge in [-0.2, -0.15) is 0 Å². The van der Waals surface area contributed by atoms with Crippen molar-refractivity contribution in [2.24, 2.45) is 0 Å². The summed E-state index contributed by atoms with van der Waals surface area (Å²) in [7, 11) is 1.97. The fourth-order valence-electron chi connectivity index (χ4n) is 3.01. The molecular weight excluding hydrogens is 344 g/mol. The van der Waals surface area contributed by atoms with Crippen LogP contribution in [-0.4, -0.2) is 35.3 Å². The number of benzene rings is 1. The van der Waals surface area contributed by atoms with E-state index in [-0.39, 0.29) is 11.8 Å². The average Bonchev–Trinajstić information content (AvgIpc) is 2.67. The first kappa shape index (κ1) is 20.1. The topological polar surface area (TPSA) is 33.2 Å². The number of nitrogens with zero attached hydrogens (tertiary/aromatic N) is 2. The number of halogens is 1. The molecule has 0 N–H and O–H groups in total. The van der Waals surface area contributed by atoms with Gasteiger partial charge in [-0.05, 0) is 44.3 Å². The van der Waals surface area contributed by atoms with Crippen molar-refractivity contribution < 1.29 is 4.79 Å². The maximum atomic E-state index is 13.3. The Morgan fingerprint density at radius 3 is 2.38 bits per heavy atom. The quantitative estimate of drug-likeness (QED) is 0.568. The van der Waals surface area contributed by atoms with Gasteiger partial charge in [0.2, 0.25) is 0 Å². The lowest BCUT2D eigenvalue weighted by atomic mass is 9.94. The minimum atomic E-state index is -0.183. The Bertz CT molecular complexity index is 812. The Morgan fingerprint density at radius 2 is 1.88 bits per heavy atom. The van der Waals surface area contributed by atoms with Crippen molar-refractivity contribution in [3.63, 3.8) is 0 Å². The van der Waals surface area contributed by atoms with Gasteiger partial charge in [0, 0.05) is 21.7 Å². The zero-order valence-corrected chi connectivity index (χ0v) is 16.4. The number of likely N-dealkylation sites (N-methyl/N-ethyl adjacent to an activating group) is 1. The number of hydrogen-bond donors (Lipinski definition) is 0. The number of aromatic nitrogens is 1. The third-order valence-electron chi connectivity index (χ3n) is 4.61. The van der Waals surface area contributed by atoms with Gasteiger partial charge in [-0.3, -0.25) is 9.69 Å². The Balaban J connectivity index is 2.64. The minimum Gasteiger partial charge on any atom is -0.297 e. The molecule has 0 saturated heterocycles. The van der Waals surface area contributed by atoms with E-state index in [2.05, 4.69) is 23.0 Å². The van der Waals surface area contributed by atoms with Gasteiger partial charge in [-0.15, -0.1) is 0 Å². The fraction of sp³-hybridized carbons (Fsp3) is 0.273. The van der Waals surface area contributed by atoms with Crippen LogP contribution in [0.4, 0.5) is 0 Å². The van der Waals surface area contributed by atoms with Gasteiger partial charge >= 0.3 is 0 Å². The van der Waals surface area contributed by atoms with Crippen LogP contribution in [-0.2, 0) is 0 Å². The Labute approximate surface area is 161 Å². The molecule has 1 heterocycles. The van der Waals surface area contributed by atoms with E-state index in [1.165, 1.54) is 0 Å². The number of carbonyl (C=O) groups is 1. The first-order chi connectivity index (χ1) is 12.5. The van der Waals surface area contributed by atoms with E-state index in [4.69, 9.17) is 11.6 Å². The van der Waals surface area contributed by atoms with Gasteiger partial charge in [0.1, 0.15) is 0 Å². The largest absolute Gasteiger partial charge is 0.297 e. The molecule has 1 aromatic heterocycles. The molecular formula is C22H25ClN2O. The summed E-state index contributed by atoms with van der Waals surface area (Å²) in [6.07, 6.45) is 4.08. The summed E-state index contributed by atoms with van der Waals surface area (Å²) < 4.78 is 0. The molecule has 1 unspecified atom stereocenters. The molecule has 1 aromatic carbocycles. The standard InChI is InChI=1S/C22H25ClN2O/c1-6-17-18(22(26)21(8-3)25(5)9-4)14-20(24-19(17)7-2)15-10-12-16(23)13-11-15/h6-7,10-14,21H,1-2,8-9H2,3-5H3. The Kier molecular flexibility index (Phi) is 6.90. The molecule has 3 nitrogen and oxygen atoms in total. The summed E-state index contributed by atoms with van der Waals surface area (Å²) in [5.74, 6) is 0.0764. The average molecular weight is 369 g/mol. The highest BCUT2D eigenvalue weighted by Crippen LogP contribution is 2.27. The van der Waals surface area contributed by atoms with Crippen LogP contribution >= 0.6 is 11.6 Å². The van der Waals surface area contributed by atoms with Gasteiger partial charge in [0.25, 0.3) is 0 Å². The van der Waals surface area contributed by atoms with E-state index in [0.29, 0.717) is 16.3 Å². The number of rotatable bonds is 8. The van der Waals surface area contributed by atoms with Crippen LogP contribution in [0.25, 0.3) is 23.4 Å². The van der Waals surface area contributed by atoms with E-state index in [9.17, 15) is 4.79 Å². The summed E-state index contributed by atoms with van der Waals surface area (Å²) in [6, 6.07) is 9.09. The van der Waals surface area contributed by atoms with Crippen molar-refractivity contribution in [1.29, 1.82) is 0 Å². The van der Waals surface area contributed by atoms with E-state index in [0.717, 1.165) is 29.8 Å². The third kappa shape index (κ3) is 4.12. The number of Topliss-reactive ketones (excluding diaryl/α,β-unsaturated/α-hetero) is 1. The summed E-state index contributed by atoms with van der Waals surface area (Å²) in [5.41, 5.74) is 3.64. The van der Waals surface area contributed by atoms with Crippen LogP contribution in [0.3, 0.4) is 0 Å². The molecule has 4 heteroatoms. The predicted molar refractivity (Wildman–Crippen MR) is 112 cm³/mol. The molecule has 26 heavy (non-hydrogen) atoms. The molecule has 136 valence electrons. The molecule has 0 bridgehead atoms. The molecule has 2 aromatic rings. The van der Waals surface area contributed by atoms with Crippen LogP contribution in [0.15, 0.2) is 43.5 Å². The second kappa shape index (κ2) is 8.93. The van der Waals surface area contributed by atoms with Crippen LogP contribution in [0.2, 0.25) is 5.02 Å². The van der Waals surface area contributed by atoms with E-state index >= 15 is 0 Å². The summed E-state index contributed by atoms with van der Waals surface area (Å²) >= 11 is 5.99. The molecule has 0 aliphatic rings. The van der Waals surface area contributed by atoms with Gasteiger partial charge in [-0.25, -0.2) is 4.98 Å². The van der Waals surface area contributed by atoms with Crippen LogP contribution in [0, 0.1) is 0 Å². The maximum Gasteiger partial charge on any atom is 0.180 e. The number of ketones is 1. The van der Waals surface area contributed by atoms with Crippen LogP contribution in [0.1, 0.15) is 41.9 Å². The smallest absolute Gasteiger partial charge is 0.180 e. The fourth-order valence-corrected chi connectivity index (χ4v) is 3.14. The van der Waals surface area contributed by atoms with Crippen molar-refractivity contribution in [3.8, 4) is 11.3 Å². The zero-order chi connectivity index (χ0) is 19.3. The molecule has 0 aliphatic heterocycles. The normalized spacial score (nSPS) is 12.0. The number of pyridine rings is 1. The van der Waals surface area contributed by atoms with Crippen molar-refractivity contribution in [1.82, 2.24) is 9.88 Å². The zero-order valence-electron chi connectivity index (χ0n) is 15.6. The lowest BCUT2D eigenvalue weighted by molar-refractivity contribution is 0.0851. The molecule has 0 radical (unpaired) electrons. The maximum absolute atomic E-state index is 13.3. The predicted octanol–water partition coefficient (Wildman–Crippen LogP) is 5.60. The summed E-state index contributed by atoms with van der Waals surface area (Å²) in [6.45, 7) is 12.6. The Hall–Kier alpha value is -2.23. The molecule has 0 saturated carbocycles. The van der Waals surface area contributed by atoms with Crippen molar-refractivity contribution >= 4 is 29.5 Å². The third-order valence-corrected chi connectivity index (χ3v) is 4.86. The lowest BCUT2D eigenvalue weighted by Gasteiger charge is -2.25. The van der Waals surface area contributed by atoms with Crippen molar-refractivity contribution in [2.45, 2.75) is 26.3 Å². The first-order valence-corrected chi connectivity index (χ1v) is 9.14. The lowest BCUT2D eigenvalue weighted by Crippen LogP contribution is -2.38. The molecule has 1 atom stereocenters. The first-order valence-electron chi connectivity index (χ1n) is 8.77. The van der Waals surface area contributed by atoms with E-state index in [1.807, 2.05) is 51.2 Å². The Morgan fingerprint density at radius 1 is 1.23 bits per heavy atom. The highest BCUT2D eigenvalue weighted by atomic mass is 35.5. The van der Waals surface area contributed by atoms with Gasteiger partial charge in [0.05, 0.1) is 17.4 Å². The molecule has 0 amide bonds. The van der Waals surface area contributed by atoms with E-state index in [1.54, 1.807) is 12.2 Å². The summed E-state index contributed by atoms with van der Waals surface area (Å²) in [4.78, 5) is 20.0. The highest BCUT2D eigenvalue weighted by Gasteiger charge is 2.25. The van der Waals surface area contributed by atoms with Crippen molar-refractivity contribution in [3.05, 3.63) is 65.3 Å². The minimum absolute atomic E-state index is 0.0764. The highest BCUT2D eigenvalue weighted by molar-refractivity contribution is 6.30. The molecule has 0 aliphatic carbocycles. The van der Waals surface area contributed by atoms with Gasteiger partial charge in [-0.1, -0.05) is 56.8 Å². The molecule has 0 spiro atoms. The second-order valence-corrected chi connectivity index (χ2v) is 6.57.